The molecule has 2 nitrogen and oxygen atoms in total. The Morgan fingerprint density at radius 1 is 1.21 bits per heavy atom. The zero-order valence-electron chi connectivity index (χ0n) is 12.5. The van der Waals surface area contributed by atoms with E-state index < -0.39 is 0 Å². The standard InChI is InChI=1S/C16H24N2S/c1-11(16(3,4)5)10-17-12(2)15-18-13-8-6-7-9-14(13)19-15/h6-9,11-12,17H,10H2,1-5H3. The van der Waals surface area contributed by atoms with Crippen molar-refractivity contribution >= 4 is 21.6 Å². The van der Waals surface area contributed by atoms with Crippen LogP contribution in [0.1, 0.15) is 45.7 Å². The van der Waals surface area contributed by atoms with Gasteiger partial charge in [-0.1, -0.05) is 39.8 Å². The number of nitrogens with zero attached hydrogens (tertiary/aromatic N) is 1. The number of nitrogens with one attached hydrogen (secondary N) is 1. The molecule has 2 atom stereocenters. The molecule has 0 saturated heterocycles. The van der Waals surface area contributed by atoms with Gasteiger partial charge >= 0.3 is 0 Å². The fourth-order valence-electron chi connectivity index (χ4n) is 1.82. The molecule has 0 spiro atoms. The van der Waals surface area contributed by atoms with Crippen molar-refractivity contribution in [2.24, 2.45) is 11.3 Å². The van der Waals surface area contributed by atoms with Gasteiger partial charge < -0.3 is 5.32 Å². The highest BCUT2D eigenvalue weighted by Crippen LogP contribution is 2.28. The second-order valence-electron chi connectivity index (χ2n) is 6.42. The van der Waals surface area contributed by atoms with Crippen LogP contribution in [-0.4, -0.2) is 11.5 Å². The second kappa shape index (κ2) is 5.59. The van der Waals surface area contributed by atoms with E-state index in [4.69, 9.17) is 4.98 Å². The Hall–Kier alpha value is -0.930. The summed E-state index contributed by atoms with van der Waals surface area (Å²) in [6.45, 7) is 12.4. The molecule has 1 aromatic carbocycles. The van der Waals surface area contributed by atoms with E-state index in [2.05, 4.69) is 58.1 Å². The van der Waals surface area contributed by atoms with Crippen molar-refractivity contribution in [2.75, 3.05) is 6.54 Å². The van der Waals surface area contributed by atoms with Crippen molar-refractivity contribution in [1.82, 2.24) is 10.3 Å². The molecular formula is C16H24N2S. The number of hydrogen-bond donors (Lipinski definition) is 1. The lowest BCUT2D eigenvalue weighted by Gasteiger charge is -2.28. The Kier molecular flexibility index (Phi) is 4.26. The first-order valence-electron chi connectivity index (χ1n) is 6.97. The summed E-state index contributed by atoms with van der Waals surface area (Å²) in [5, 5.41) is 4.80. The first-order chi connectivity index (χ1) is 8.88. The predicted octanol–water partition coefficient (Wildman–Crippen LogP) is 4.63. The van der Waals surface area contributed by atoms with Crippen LogP contribution in [0.4, 0.5) is 0 Å². The number of fused-ring (bicyclic) bond motifs is 1. The Morgan fingerprint density at radius 2 is 1.89 bits per heavy atom. The van der Waals surface area contributed by atoms with Crippen LogP contribution in [0, 0.1) is 11.3 Å². The first-order valence-corrected chi connectivity index (χ1v) is 7.78. The summed E-state index contributed by atoms with van der Waals surface area (Å²) in [4.78, 5) is 4.71. The summed E-state index contributed by atoms with van der Waals surface area (Å²) in [6.07, 6.45) is 0. The maximum atomic E-state index is 4.71. The summed E-state index contributed by atoms with van der Waals surface area (Å²) in [7, 11) is 0. The van der Waals surface area contributed by atoms with Crippen LogP contribution in [0.15, 0.2) is 24.3 Å². The third-order valence-electron chi connectivity index (χ3n) is 3.89. The van der Waals surface area contributed by atoms with Crippen molar-refractivity contribution in [1.29, 1.82) is 0 Å². The molecule has 1 heterocycles. The van der Waals surface area contributed by atoms with E-state index in [0.717, 1.165) is 12.1 Å². The third kappa shape index (κ3) is 3.54. The maximum absolute atomic E-state index is 4.71. The molecule has 2 aromatic rings. The highest BCUT2D eigenvalue weighted by atomic mass is 32.1. The van der Waals surface area contributed by atoms with Gasteiger partial charge in [0.2, 0.25) is 0 Å². The lowest BCUT2D eigenvalue weighted by atomic mass is 9.82. The molecule has 0 fully saturated rings. The van der Waals surface area contributed by atoms with E-state index in [1.807, 2.05) is 6.07 Å². The van der Waals surface area contributed by atoms with Crippen molar-refractivity contribution in [3.63, 3.8) is 0 Å². The molecule has 0 radical (unpaired) electrons. The van der Waals surface area contributed by atoms with E-state index in [1.54, 1.807) is 11.3 Å². The average Bonchev–Trinajstić information content (AvgIpc) is 2.78. The first kappa shape index (κ1) is 14.5. The van der Waals surface area contributed by atoms with Gasteiger partial charge in [-0.15, -0.1) is 11.3 Å². The van der Waals surface area contributed by atoms with E-state index in [-0.39, 0.29) is 0 Å². The monoisotopic (exact) mass is 276 g/mol. The number of rotatable bonds is 4. The fourth-order valence-corrected chi connectivity index (χ4v) is 2.82. The van der Waals surface area contributed by atoms with Gasteiger partial charge in [0.25, 0.3) is 0 Å². The minimum atomic E-state index is 0.321. The molecular weight excluding hydrogens is 252 g/mol. The van der Waals surface area contributed by atoms with Crippen LogP contribution >= 0.6 is 11.3 Å². The predicted molar refractivity (Wildman–Crippen MR) is 84.7 cm³/mol. The quantitative estimate of drug-likeness (QED) is 0.880. The Morgan fingerprint density at radius 3 is 2.53 bits per heavy atom. The van der Waals surface area contributed by atoms with Crippen LogP contribution in [-0.2, 0) is 0 Å². The molecule has 3 heteroatoms. The summed E-state index contributed by atoms with van der Waals surface area (Å²) < 4.78 is 1.27. The number of aromatic nitrogens is 1. The molecule has 19 heavy (non-hydrogen) atoms. The zero-order valence-corrected chi connectivity index (χ0v) is 13.3. The van der Waals surface area contributed by atoms with Crippen LogP contribution < -0.4 is 5.32 Å². The average molecular weight is 276 g/mol. The van der Waals surface area contributed by atoms with E-state index >= 15 is 0 Å². The molecule has 0 aliphatic rings. The van der Waals surface area contributed by atoms with Crippen molar-refractivity contribution in [3.8, 4) is 0 Å². The zero-order chi connectivity index (χ0) is 14.0. The molecule has 104 valence electrons. The van der Waals surface area contributed by atoms with Crippen LogP contribution in [0.5, 0.6) is 0 Å². The van der Waals surface area contributed by atoms with Crippen molar-refractivity contribution in [3.05, 3.63) is 29.3 Å². The molecule has 1 aromatic heterocycles. The molecule has 0 aliphatic carbocycles. The minimum Gasteiger partial charge on any atom is -0.308 e. The normalized spacial score (nSPS) is 15.6. The molecule has 2 unspecified atom stereocenters. The van der Waals surface area contributed by atoms with Crippen LogP contribution in [0.25, 0.3) is 10.2 Å². The van der Waals surface area contributed by atoms with Gasteiger partial charge in [-0.25, -0.2) is 4.98 Å². The third-order valence-corrected chi connectivity index (χ3v) is 5.11. The molecule has 0 amide bonds. The summed E-state index contributed by atoms with van der Waals surface area (Å²) in [6, 6.07) is 8.67. The lowest BCUT2D eigenvalue weighted by molar-refractivity contribution is 0.247. The molecule has 2 rings (SSSR count). The number of thiazole rings is 1. The summed E-state index contributed by atoms with van der Waals surface area (Å²) >= 11 is 1.79. The topological polar surface area (TPSA) is 24.9 Å². The summed E-state index contributed by atoms with van der Waals surface area (Å²) in [5.41, 5.74) is 1.46. The van der Waals surface area contributed by atoms with Gasteiger partial charge in [-0.3, -0.25) is 0 Å². The number of para-hydroxylation sites is 1. The van der Waals surface area contributed by atoms with E-state index in [9.17, 15) is 0 Å². The lowest BCUT2D eigenvalue weighted by Crippen LogP contribution is -2.31. The minimum absolute atomic E-state index is 0.321. The van der Waals surface area contributed by atoms with Crippen LogP contribution in [0.2, 0.25) is 0 Å². The SMILES string of the molecule is CC(NCC(C)C(C)(C)C)c1nc2ccccc2s1. The Bertz CT molecular complexity index is 506. The number of hydrogen-bond acceptors (Lipinski definition) is 3. The highest BCUT2D eigenvalue weighted by Gasteiger charge is 2.21. The van der Waals surface area contributed by atoms with Gasteiger partial charge in [0, 0.05) is 0 Å². The van der Waals surface area contributed by atoms with Gasteiger partial charge in [-0.2, -0.15) is 0 Å². The van der Waals surface area contributed by atoms with Crippen LogP contribution in [0.3, 0.4) is 0 Å². The fraction of sp³-hybridized carbons (Fsp3) is 0.562. The maximum Gasteiger partial charge on any atom is 0.111 e. The second-order valence-corrected chi connectivity index (χ2v) is 7.48. The van der Waals surface area contributed by atoms with Gasteiger partial charge in [0.05, 0.1) is 16.3 Å². The van der Waals surface area contributed by atoms with E-state index in [1.165, 1.54) is 9.71 Å². The Labute approximate surface area is 120 Å². The molecule has 0 aliphatic heterocycles. The molecule has 0 saturated carbocycles. The van der Waals surface area contributed by atoms with Gasteiger partial charge in [-0.05, 0) is 36.9 Å². The smallest absolute Gasteiger partial charge is 0.111 e. The molecule has 0 bridgehead atoms. The largest absolute Gasteiger partial charge is 0.308 e. The van der Waals surface area contributed by atoms with E-state index in [0.29, 0.717) is 17.4 Å². The highest BCUT2D eigenvalue weighted by molar-refractivity contribution is 7.18. The number of benzene rings is 1. The van der Waals surface area contributed by atoms with Gasteiger partial charge in [0.1, 0.15) is 5.01 Å². The Balaban J connectivity index is 2.02. The van der Waals surface area contributed by atoms with Gasteiger partial charge in [0.15, 0.2) is 0 Å². The van der Waals surface area contributed by atoms with Crippen molar-refractivity contribution < 1.29 is 0 Å². The summed E-state index contributed by atoms with van der Waals surface area (Å²) in [5.74, 6) is 0.643. The van der Waals surface area contributed by atoms with Crippen molar-refractivity contribution in [2.45, 2.75) is 40.7 Å². The molecule has 1 N–H and O–H groups in total.